The molecule has 0 spiro atoms. The van der Waals surface area contributed by atoms with Gasteiger partial charge >= 0.3 is 5.97 Å². The molecular weight excluding hydrogens is 390 g/mol. The highest BCUT2D eigenvalue weighted by Crippen LogP contribution is 2.39. The number of nitrogens with zero attached hydrogens (tertiary/aromatic N) is 1. The summed E-state index contributed by atoms with van der Waals surface area (Å²) in [7, 11) is 2.07. The lowest BCUT2D eigenvalue weighted by molar-refractivity contribution is -0.121. The van der Waals surface area contributed by atoms with Crippen molar-refractivity contribution in [3.63, 3.8) is 0 Å². The van der Waals surface area contributed by atoms with Gasteiger partial charge in [-0.3, -0.25) is 9.69 Å². The molecule has 2 N–H and O–H groups in total. The second-order valence-electron chi connectivity index (χ2n) is 9.08. The molecule has 2 aromatic rings. The SMILES string of the molecule is CCOC(=O)c1[nH]c2ccc(NC(=O)C3C(C4CCCCC4)CCN3C)cc2c1CC. The Balaban J connectivity index is 1.56. The van der Waals surface area contributed by atoms with E-state index >= 15 is 0 Å². The molecule has 2 heterocycles. The van der Waals surface area contributed by atoms with Crippen molar-refractivity contribution in [2.45, 2.75) is 64.8 Å². The number of benzene rings is 1. The van der Waals surface area contributed by atoms with Crippen molar-refractivity contribution in [2.24, 2.45) is 11.8 Å². The molecule has 1 saturated heterocycles. The van der Waals surface area contributed by atoms with Crippen LogP contribution in [0, 0.1) is 11.8 Å². The van der Waals surface area contributed by atoms with Gasteiger partial charge < -0.3 is 15.0 Å². The zero-order chi connectivity index (χ0) is 22.0. The number of aromatic amines is 1. The Bertz CT molecular complexity index is 945. The third-order valence-corrected chi connectivity index (χ3v) is 7.23. The van der Waals surface area contributed by atoms with Crippen molar-refractivity contribution in [2.75, 3.05) is 25.5 Å². The molecule has 1 aromatic heterocycles. The maximum absolute atomic E-state index is 13.3. The number of likely N-dealkylation sites (tertiary alicyclic amines) is 1. The number of aryl methyl sites for hydroxylation is 1. The van der Waals surface area contributed by atoms with Crippen molar-refractivity contribution >= 4 is 28.5 Å². The largest absolute Gasteiger partial charge is 0.461 e. The Kier molecular flexibility index (Phi) is 6.65. The molecule has 2 atom stereocenters. The van der Waals surface area contributed by atoms with Crippen LogP contribution in [0.3, 0.4) is 0 Å². The summed E-state index contributed by atoms with van der Waals surface area (Å²) in [6, 6.07) is 5.76. The van der Waals surface area contributed by atoms with Gasteiger partial charge in [0.15, 0.2) is 0 Å². The molecule has 2 fully saturated rings. The van der Waals surface area contributed by atoms with Crippen LogP contribution < -0.4 is 5.32 Å². The van der Waals surface area contributed by atoms with E-state index in [-0.39, 0.29) is 17.9 Å². The minimum Gasteiger partial charge on any atom is -0.461 e. The van der Waals surface area contributed by atoms with Crippen LogP contribution in [0.5, 0.6) is 0 Å². The summed E-state index contributed by atoms with van der Waals surface area (Å²) in [5.74, 6) is 0.876. The van der Waals surface area contributed by atoms with Gasteiger partial charge in [0.2, 0.25) is 5.91 Å². The van der Waals surface area contributed by atoms with Crippen molar-refractivity contribution in [1.82, 2.24) is 9.88 Å². The highest BCUT2D eigenvalue weighted by atomic mass is 16.5. The van der Waals surface area contributed by atoms with Gasteiger partial charge in [-0.1, -0.05) is 39.0 Å². The number of aromatic nitrogens is 1. The van der Waals surface area contributed by atoms with Gasteiger partial charge in [-0.2, -0.15) is 0 Å². The van der Waals surface area contributed by atoms with Gasteiger partial charge in [0.05, 0.1) is 12.6 Å². The van der Waals surface area contributed by atoms with E-state index in [1.807, 2.05) is 25.1 Å². The first-order valence-electron chi connectivity index (χ1n) is 11.9. The van der Waals surface area contributed by atoms with Crippen molar-refractivity contribution < 1.29 is 14.3 Å². The van der Waals surface area contributed by atoms with Gasteiger partial charge in [0.25, 0.3) is 0 Å². The molecule has 1 aromatic carbocycles. The first-order chi connectivity index (χ1) is 15.0. The quantitative estimate of drug-likeness (QED) is 0.655. The minimum absolute atomic E-state index is 0.0641. The van der Waals surface area contributed by atoms with E-state index in [0.717, 1.165) is 35.1 Å². The second-order valence-corrected chi connectivity index (χ2v) is 9.08. The predicted octanol–water partition coefficient (Wildman–Crippen LogP) is 4.75. The van der Waals surface area contributed by atoms with Gasteiger partial charge in [0.1, 0.15) is 5.69 Å². The topological polar surface area (TPSA) is 74.4 Å². The van der Waals surface area contributed by atoms with Crippen LogP contribution in [0.25, 0.3) is 10.9 Å². The third kappa shape index (κ3) is 4.36. The van der Waals surface area contributed by atoms with Crippen LogP contribution in [0.15, 0.2) is 18.2 Å². The molecular formula is C25H35N3O3. The number of amides is 1. The number of H-pyrrole nitrogens is 1. The number of hydrogen-bond acceptors (Lipinski definition) is 4. The summed E-state index contributed by atoms with van der Waals surface area (Å²) in [5.41, 5.74) is 3.11. The molecule has 4 rings (SSSR count). The molecule has 6 nitrogen and oxygen atoms in total. The number of fused-ring (bicyclic) bond motifs is 1. The lowest BCUT2D eigenvalue weighted by Gasteiger charge is -2.32. The molecule has 6 heteroatoms. The monoisotopic (exact) mass is 425 g/mol. The highest BCUT2D eigenvalue weighted by molar-refractivity contribution is 6.01. The number of ether oxygens (including phenoxy) is 1. The number of likely N-dealkylation sites (N-methyl/N-ethyl adjacent to an activating group) is 1. The fourth-order valence-electron chi connectivity index (χ4n) is 5.71. The Morgan fingerprint density at radius 2 is 1.94 bits per heavy atom. The molecule has 0 radical (unpaired) electrons. The minimum atomic E-state index is -0.330. The standard InChI is InChI=1S/C25H35N3O3/c1-4-18-20-15-17(11-12-21(20)27-22(18)25(30)31-5-2)26-24(29)23-19(13-14-28(23)3)16-9-7-6-8-10-16/h11-12,15-16,19,23,27H,4-10,13-14H2,1-3H3,(H,26,29). The summed E-state index contributed by atoms with van der Waals surface area (Å²) in [4.78, 5) is 31.1. The molecule has 1 saturated carbocycles. The van der Waals surface area contributed by atoms with Crippen molar-refractivity contribution in [3.8, 4) is 0 Å². The summed E-state index contributed by atoms with van der Waals surface area (Å²) in [6.07, 6.45) is 8.26. The van der Waals surface area contributed by atoms with E-state index in [0.29, 0.717) is 30.6 Å². The van der Waals surface area contributed by atoms with Crippen LogP contribution >= 0.6 is 0 Å². The van der Waals surface area contributed by atoms with Crippen molar-refractivity contribution in [3.05, 3.63) is 29.5 Å². The number of carbonyl (C=O) groups excluding carboxylic acids is 2. The fraction of sp³-hybridized carbons (Fsp3) is 0.600. The lowest BCUT2D eigenvalue weighted by atomic mass is 9.76. The van der Waals surface area contributed by atoms with Gasteiger partial charge in [0, 0.05) is 16.6 Å². The fourth-order valence-corrected chi connectivity index (χ4v) is 5.71. The first-order valence-corrected chi connectivity index (χ1v) is 11.9. The molecule has 1 aliphatic heterocycles. The maximum atomic E-state index is 13.3. The van der Waals surface area contributed by atoms with Crippen LogP contribution in [0.4, 0.5) is 5.69 Å². The predicted molar refractivity (Wildman–Crippen MR) is 123 cm³/mol. The normalized spacial score (nSPS) is 22.7. The van der Waals surface area contributed by atoms with E-state index in [4.69, 9.17) is 4.74 Å². The maximum Gasteiger partial charge on any atom is 0.355 e. The second kappa shape index (κ2) is 9.43. The zero-order valence-corrected chi connectivity index (χ0v) is 19.0. The summed E-state index contributed by atoms with van der Waals surface area (Å²) >= 11 is 0. The Morgan fingerprint density at radius 3 is 2.65 bits per heavy atom. The van der Waals surface area contributed by atoms with Crippen LogP contribution in [0.2, 0.25) is 0 Å². The van der Waals surface area contributed by atoms with E-state index in [9.17, 15) is 9.59 Å². The number of anilines is 1. The first kappa shape index (κ1) is 21.9. The molecule has 2 aliphatic rings. The molecule has 31 heavy (non-hydrogen) atoms. The van der Waals surface area contributed by atoms with Gasteiger partial charge in [-0.25, -0.2) is 4.79 Å². The third-order valence-electron chi connectivity index (χ3n) is 7.23. The smallest absolute Gasteiger partial charge is 0.355 e. The van der Waals surface area contributed by atoms with Crippen molar-refractivity contribution in [1.29, 1.82) is 0 Å². The average Bonchev–Trinajstić information content (AvgIpc) is 3.34. The average molecular weight is 426 g/mol. The zero-order valence-electron chi connectivity index (χ0n) is 19.0. The summed E-state index contributed by atoms with van der Waals surface area (Å²) < 4.78 is 5.20. The van der Waals surface area contributed by atoms with Crippen LogP contribution in [-0.2, 0) is 16.0 Å². The molecule has 2 unspecified atom stereocenters. The number of nitrogens with one attached hydrogen (secondary N) is 2. The van der Waals surface area contributed by atoms with Gasteiger partial charge in [-0.15, -0.1) is 0 Å². The number of rotatable bonds is 6. The number of hydrogen-bond donors (Lipinski definition) is 2. The van der Waals surface area contributed by atoms with Crippen LogP contribution in [-0.4, -0.2) is 48.0 Å². The Labute approximate surface area is 184 Å². The van der Waals surface area contributed by atoms with Crippen LogP contribution in [0.1, 0.15) is 68.4 Å². The summed E-state index contributed by atoms with van der Waals surface area (Å²) in [5, 5.41) is 4.14. The Hall–Kier alpha value is -2.34. The van der Waals surface area contributed by atoms with E-state index < -0.39 is 0 Å². The highest BCUT2D eigenvalue weighted by Gasteiger charge is 2.41. The summed E-state index contributed by atoms with van der Waals surface area (Å²) in [6.45, 7) is 5.16. The lowest BCUT2D eigenvalue weighted by Crippen LogP contribution is -2.43. The van der Waals surface area contributed by atoms with E-state index in [2.05, 4.69) is 22.2 Å². The number of carbonyl (C=O) groups is 2. The van der Waals surface area contributed by atoms with E-state index in [1.165, 1.54) is 32.1 Å². The molecule has 168 valence electrons. The van der Waals surface area contributed by atoms with Gasteiger partial charge in [-0.05, 0) is 69.0 Å². The molecule has 1 aliphatic carbocycles. The van der Waals surface area contributed by atoms with E-state index in [1.54, 1.807) is 6.92 Å². The Morgan fingerprint density at radius 1 is 1.16 bits per heavy atom. The number of esters is 1. The molecule has 0 bridgehead atoms. The molecule has 1 amide bonds.